The Morgan fingerprint density at radius 1 is 1.07 bits per heavy atom. The number of Topliss-reactive ketones (excluding diaryl/α,β-unsaturated/α-hetero) is 1. The lowest BCUT2D eigenvalue weighted by molar-refractivity contribution is 0.0962. The summed E-state index contributed by atoms with van der Waals surface area (Å²) in [5.74, 6) is 1.08. The number of rotatable bonds is 3. The number of aromatic nitrogens is 3. The van der Waals surface area contributed by atoms with Gasteiger partial charge in [-0.3, -0.25) is 4.79 Å². The third kappa shape index (κ3) is 2.99. The zero-order valence-corrected chi connectivity index (χ0v) is 16.4. The molecule has 0 radical (unpaired) electrons. The van der Waals surface area contributed by atoms with Gasteiger partial charge in [-0.15, -0.1) is 0 Å². The van der Waals surface area contributed by atoms with Crippen LogP contribution in [-0.4, -0.2) is 27.5 Å². The Balaban J connectivity index is 1.64. The first-order chi connectivity index (χ1) is 14.1. The van der Waals surface area contributed by atoms with Crippen LogP contribution in [0.3, 0.4) is 0 Å². The van der Waals surface area contributed by atoms with Crippen molar-refractivity contribution >= 4 is 11.4 Å². The molecule has 0 bridgehead atoms. The smallest absolute Gasteiger partial charge is 0.166 e. The van der Waals surface area contributed by atoms with Crippen LogP contribution in [0.25, 0.3) is 16.8 Å². The molecule has 0 aliphatic heterocycles. The maximum absolute atomic E-state index is 12.9. The van der Waals surface area contributed by atoms with Crippen molar-refractivity contribution in [2.45, 2.75) is 25.7 Å². The minimum Gasteiger partial charge on any atom is -0.497 e. The van der Waals surface area contributed by atoms with Crippen molar-refractivity contribution in [1.29, 1.82) is 0 Å². The number of methoxy groups -OCH3 is 1. The van der Waals surface area contributed by atoms with Gasteiger partial charge in [0, 0.05) is 18.2 Å². The van der Waals surface area contributed by atoms with Crippen LogP contribution in [0, 0.1) is 6.92 Å². The van der Waals surface area contributed by atoms with Gasteiger partial charge in [-0.1, -0.05) is 42.5 Å². The summed E-state index contributed by atoms with van der Waals surface area (Å²) < 4.78 is 7.12. The first-order valence-electron chi connectivity index (χ1n) is 9.75. The van der Waals surface area contributed by atoms with E-state index in [4.69, 9.17) is 9.72 Å². The van der Waals surface area contributed by atoms with Gasteiger partial charge in [0.15, 0.2) is 11.4 Å². The van der Waals surface area contributed by atoms with Gasteiger partial charge < -0.3 is 4.74 Å². The Morgan fingerprint density at radius 2 is 1.90 bits per heavy atom. The van der Waals surface area contributed by atoms with Crippen molar-refractivity contribution in [3.63, 3.8) is 0 Å². The molecule has 5 rings (SSSR count). The molecule has 2 aromatic carbocycles. The molecule has 0 amide bonds. The highest BCUT2D eigenvalue weighted by Crippen LogP contribution is 2.35. The Bertz CT molecular complexity index is 1230. The van der Waals surface area contributed by atoms with Gasteiger partial charge in [0.05, 0.1) is 24.1 Å². The molecule has 1 aliphatic carbocycles. The highest BCUT2D eigenvalue weighted by molar-refractivity contribution is 5.99. The van der Waals surface area contributed by atoms with Gasteiger partial charge in [0.2, 0.25) is 0 Å². The van der Waals surface area contributed by atoms with E-state index >= 15 is 0 Å². The summed E-state index contributed by atoms with van der Waals surface area (Å²) in [5.41, 5.74) is 6.35. The molecule has 2 aromatic heterocycles. The molecule has 1 unspecified atom stereocenters. The van der Waals surface area contributed by atoms with E-state index in [9.17, 15) is 4.79 Å². The van der Waals surface area contributed by atoms with Crippen molar-refractivity contribution in [3.8, 4) is 16.9 Å². The van der Waals surface area contributed by atoms with Gasteiger partial charge in [0.25, 0.3) is 0 Å². The van der Waals surface area contributed by atoms with Crippen molar-refractivity contribution in [2.75, 3.05) is 7.11 Å². The van der Waals surface area contributed by atoms with E-state index in [0.717, 1.165) is 40.3 Å². The van der Waals surface area contributed by atoms with Gasteiger partial charge in [-0.05, 0) is 42.5 Å². The minimum absolute atomic E-state index is 0.130. The summed E-state index contributed by atoms with van der Waals surface area (Å²) in [5, 5.41) is 4.63. The minimum atomic E-state index is 0.130. The van der Waals surface area contributed by atoms with Gasteiger partial charge >= 0.3 is 0 Å². The SMILES string of the molecule is COc1cccc(-c2c(C)nn3cc4c(nc23)CC(c2ccccc2)CC4=O)c1. The number of hydrogen-bond acceptors (Lipinski definition) is 4. The van der Waals surface area contributed by atoms with E-state index in [1.54, 1.807) is 11.6 Å². The zero-order chi connectivity index (χ0) is 20.0. The van der Waals surface area contributed by atoms with Crippen molar-refractivity contribution in [1.82, 2.24) is 14.6 Å². The molecule has 1 aliphatic rings. The molecule has 29 heavy (non-hydrogen) atoms. The fraction of sp³-hybridized carbons (Fsp3) is 0.208. The molecule has 0 saturated carbocycles. The molecule has 5 heteroatoms. The highest BCUT2D eigenvalue weighted by Gasteiger charge is 2.29. The Morgan fingerprint density at radius 3 is 2.69 bits per heavy atom. The van der Waals surface area contributed by atoms with E-state index in [-0.39, 0.29) is 11.7 Å². The summed E-state index contributed by atoms with van der Waals surface area (Å²) in [4.78, 5) is 17.8. The lowest BCUT2D eigenvalue weighted by Gasteiger charge is -2.23. The number of carbonyl (C=O) groups excluding carboxylic acids is 1. The summed E-state index contributed by atoms with van der Waals surface area (Å²) in [7, 11) is 1.66. The van der Waals surface area contributed by atoms with Gasteiger partial charge in [-0.25, -0.2) is 9.50 Å². The van der Waals surface area contributed by atoms with E-state index in [1.807, 2.05) is 55.6 Å². The highest BCUT2D eigenvalue weighted by atomic mass is 16.5. The van der Waals surface area contributed by atoms with Crippen LogP contribution in [0.15, 0.2) is 60.8 Å². The molecular weight excluding hydrogens is 362 g/mol. The van der Waals surface area contributed by atoms with Crippen LogP contribution in [-0.2, 0) is 6.42 Å². The predicted octanol–water partition coefficient (Wildman–Crippen LogP) is 4.63. The van der Waals surface area contributed by atoms with Crippen molar-refractivity contribution in [2.24, 2.45) is 0 Å². The van der Waals surface area contributed by atoms with Crippen LogP contribution in [0.4, 0.5) is 0 Å². The lowest BCUT2D eigenvalue weighted by atomic mass is 9.82. The van der Waals surface area contributed by atoms with Gasteiger partial charge in [0.1, 0.15) is 5.75 Å². The lowest BCUT2D eigenvalue weighted by Crippen LogP contribution is -2.21. The molecule has 144 valence electrons. The van der Waals surface area contributed by atoms with Crippen LogP contribution in [0.5, 0.6) is 5.75 Å². The number of aryl methyl sites for hydroxylation is 1. The Labute approximate surface area is 169 Å². The van der Waals surface area contributed by atoms with E-state index < -0.39 is 0 Å². The molecule has 1 atom stereocenters. The Kier molecular flexibility index (Phi) is 4.16. The molecule has 2 heterocycles. The largest absolute Gasteiger partial charge is 0.497 e. The fourth-order valence-electron chi connectivity index (χ4n) is 4.22. The average Bonchev–Trinajstić information content (AvgIpc) is 3.07. The molecule has 4 aromatic rings. The molecule has 0 saturated heterocycles. The predicted molar refractivity (Wildman–Crippen MR) is 112 cm³/mol. The van der Waals surface area contributed by atoms with E-state index in [0.29, 0.717) is 12.0 Å². The molecule has 0 N–H and O–H groups in total. The Hall–Kier alpha value is -3.47. The number of ether oxygens (including phenoxy) is 1. The maximum Gasteiger partial charge on any atom is 0.166 e. The number of hydrogen-bond donors (Lipinski definition) is 0. The first-order valence-corrected chi connectivity index (χ1v) is 9.75. The molecular formula is C24H21N3O2. The quantitative estimate of drug-likeness (QED) is 0.518. The van der Waals surface area contributed by atoms with E-state index in [2.05, 4.69) is 17.2 Å². The number of benzene rings is 2. The topological polar surface area (TPSA) is 56.5 Å². The van der Waals surface area contributed by atoms with Crippen molar-refractivity contribution < 1.29 is 9.53 Å². The summed E-state index contributed by atoms with van der Waals surface area (Å²) in [6, 6.07) is 18.1. The molecule has 0 spiro atoms. The number of ketones is 1. The maximum atomic E-state index is 12.9. The summed E-state index contributed by atoms with van der Waals surface area (Å²) in [6.07, 6.45) is 3.11. The third-order valence-electron chi connectivity index (χ3n) is 5.66. The zero-order valence-electron chi connectivity index (χ0n) is 16.4. The second kappa shape index (κ2) is 6.85. The third-order valence-corrected chi connectivity index (χ3v) is 5.66. The standard InChI is InChI=1S/C24H21N3O2/c1-15-23(17-9-6-10-19(11-17)29-2)24-25-21-12-18(16-7-4-3-5-8-16)13-22(28)20(21)14-27(24)26-15/h3-11,14,18H,12-13H2,1-2H3. The number of carbonyl (C=O) groups is 1. The van der Waals surface area contributed by atoms with Crippen LogP contribution < -0.4 is 4.74 Å². The first kappa shape index (κ1) is 17.6. The summed E-state index contributed by atoms with van der Waals surface area (Å²) >= 11 is 0. The number of fused-ring (bicyclic) bond motifs is 2. The fourth-order valence-corrected chi connectivity index (χ4v) is 4.22. The normalized spacial score (nSPS) is 16.1. The van der Waals surface area contributed by atoms with Crippen molar-refractivity contribution in [3.05, 3.63) is 83.3 Å². The summed E-state index contributed by atoms with van der Waals surface area (Å²) in [6.45, 7) is 1.97. The van der Waals surface area contributed by atoms with Crippen LogP contribution >= 0.6 is 0 Å². The van der Waals surface area contributed by atoms with E-state index in [1.165, 1.54) is 5.56 Å². The second-order valence-electron chi connectivity index (χ2n) is 7.50. The molecule has 0 fully saturated rings. The second-order valence-corrected chi connectivity index (χ2v) is 7.50. The number of nitrogens with zero attached hydrogens (tertiary/aromatic N) is 3. The van der Waals surface area contributed by atoms with Crippen LogP contribution in [0.1, 0.15) is 39.6 Å². The average molecular weight is 383 g/mol. The monoisotopic (exact) mass is 383 g/mol. The van der Waals surface area contributed by atoms with Crippen LogP contribution in [0.2, 0.25) is 0 Å². The molecule has 5 nitrogen and oxygen atoms in total. The van der Waals surface area contributed by atoms with Gasteiger partial charge in [-0.2, -0.15) is 5.10 Å².